The Labute approximate surface area is 184 Å². The molecule has 4 nitrogen and oxygen atoms in total. The first kappa shape index (κ1) is 21.4. The first-order valence-corrected chi connectivity index (χ1v) is 11.3. The first-order valence-electron chi connectivity index (χ1n) is 11.3. The zero-order chi connectivity index (χ0) is 22.0. The van der Waals surface area contributed by atoms with Crippen molar-refractivity contribution < 1.29 is 9.53 Å². The number of rotatable bonds is 4. The average molecular weight is 417 g/mol. The monoisotopic (exact) mass is 416 g/mol. The number of amides is 1. The van der Waals surface area contributed by atoms with Gasteiger partial charge in [0.1, 0.15) is 17.2 Å². The summed E-state index contributed by atoms with van der Waals surface area (Å²) in [5.41, 5.74) is 8.30. The third-order valence-corrected chi connectivity index (χ3v) is 6.28. The number of hydrogen-bond donors (Lipinski definition) is 1. The maximum atomic E-state index is 11.9. The van der Waals surface area contributed by atoms with E-state index < -0.39 is 5.91 Å². The molecule has 4 heteroatoms. The second-order valence-electron chi connectivity index (χ2n) is 9.70. The number of nitrogens with two attached hydrogens (primary N) is 1. The molecule has 3 aromatic rings. The zero-order valence-electron chi connectivity index (χ0n) is 18.8. The van der Waals surface area contributed by atoms with Gasteiger partial charge in [0.15, 0.2) is 0 Å². The minimum absolute atomic E-state index is 0.110. The van der Waals surface area contributed by atoms with Gasteiger partial charge in [-0.2, -0.15) is 0 Å². The van der Waals surface area contributed by atoms with E-state index in [0.717, 1.165) is 40.8 Å². The molecule has 0 radical (unpaired) electrons. The van der Waals surface area contributed by atoms with E-state index >= 15 is 0 Å². The standard InChI is InChI=1S/C27H32N2O2/c1-27(2,3)20-11-14-21(15-12-20)31-22-13-10-19-16-24(26(28)30)29-25(23(19)17-22)18-8-6-4-5-7-9-18/h10-18H,4-9H2,1-3H3,(H2,28,30). The Bertz CT molecular complexity index is 1070. The van der Waals surface area contributed by atoms with Crippen LogP contribution in [0.15, 0.2) is 48.5 Å². The Morgan fingerprint density at radius 2 is 1.58 bits per heavy atom. The van der Waals surface area contributed by atoms with Crippen molar-refractivity contribution in [3.63, 3.8) is 0 Å². The molecule has 1 amide bonds. The predicted molar refractivity (Wildman–Crippen MR) is 126 cm³/mol. The molecule has 0 saturated heterocycles. The summed E-state index contributed by atoms with van der Waals surface area (Å²) in [6.45, 7) is 6.61. The molecular formula is C27H32N2O2. The number of carbonyl (C=O) groups excluding carboxylic acids is 1. The number of ether oxygens (including phenoxy) is 1. The van der Waals surface area contributed by atoms with Crippen molar-refractivity contribution in [2.24, 2.45) is 5.73 Å². The van der Waals surface area contributed by atoms with Gasteiger partial charge in [-0.1, -0.05) is 64.7 Å². The van der Waals surface area contributed by atoms with Crippen molar-refractivity contribution in [2.75, 3.05) is 0 Å². The van der Waals surface area contributed by atoms with E-state index in [4.69, 9.17) is 15.5 Å². The maximum Gasteiger partial charge on any atom is 0.267 e. The highest BCUT2D eigenvalue weighted by Gasteiger charge is 2.21. The van der Waals surface area contributed by atoms with E-state index in [9.17, 15) is 4.79 Å². The maximum absolute atomic E-state index is 11.9. The van der Waals surface area contributed by atoms with E-state index in [2.05, 4.69) is 39.0 Å². The Morgan fingerprint density at radius 3 is 2.19 bits per heavy atom. The fourth-order valence-corrected chi connectivity index (χ4v) is 4.47. The van der Waals surface area contributed by atoms with Crippen molar-refractivity contribution in [2.45, 2.75) is 70.6 Å². The van der Waals surface area contributed by atoms with E-state index in [1.165, 1.54) is 31.2 Å². The van der Waals surface area contributed by atoms with Crippen LogP contribution in [0.4, 0.5) is 0 Å². The quantitative estimate of drug-likeness (QED) is 0.472. The van der Waals surface area contributed by atoms with Crippen LogP contribution in [-0.2, 0) is 5.41 Å². The Morgan fingerprint density at radius 1 is 0.935 bits per heavy atom. The number of nitrogens with zero attached hydrogens (tertiary/aromatic N) is 1. The highest BCUT2D eigenvalue weighted by Crippen LogP contribution is 2.37. The molecular weight excluding hydrogens is 384 g/mol. The minimum Gasteiger partial charge on any atom is -0.457 e. The SMILES string of the molecule is CC(C)(C)c1ccc(Oc2ccc3cc(C(N)=O)nc(C4CCCCCC4)c3c2)cc1. The Balaban J connectivity index is 1.70. The third kappa shape index (κ3) is 4.90. The topological polar surface area (TPSA) is 65.2 Å². The van der Waals surface area contributed by atoms with Crippen LogP contribution in [-0.4, -0.2) is 10.9 Å². The summed E-state index contributed by atoms with van der Waals surface area (Å²) in [5.74, 6) is 1.46. The molecule has 1 saturated carbocycles. The van der Waals surface area contributed by atoms with Gasteiger partial charge in [-0.3, -0.25) is 4.79 Å². The number of benzene rings is 2. The Kier molecular flexibility index (Phi) is 5.99. The van der Waals surface area contributed by atoms with Crippen molar-refractivity contribution in [3.8, 4) is 11.5 Å². The second kappa shape index (κ2) is 8.70. The van der Waals surface area contributed by atoms with Crippen molar-refractivity contribution in [3.05, 3.63) is 65.5 Å². The number of fused-ring (bicyclic) bond motifs is 1. The molecule has 0 unspecified atom stereocenters. The van der Waals surface area contributed by atoms with Crippen LogP contribution >= 0.6 is 0 Å². The van der Waals surface area contributed by atoms with Crippen molar-refractivity contribution in [1.82, 2.24) is 4.98 Å². The van der Waals surface area contributed by atoms with Gasteiger partial charge in [0.2, 0.25) is 0 Å². The number of pyridine rings is 1. The predicted octanol–water partition coefficient (Wildman–Crippen LogP) is 6.86. The van der Waals surface area contributed by atoms with E-state index in [0.29, 0.717) is 11.6 Å². The molecule has 162 valence electrons. The molecule has 2 aromatic carbocycles. The van der Waals surface area contributed by atoms with Crippen LogP contribution in [0.2, 0.25) is 0 Å². The molecule has 1 aliphatic carbocycles. The Hall–Kier alpha value is -2.88. The van der Waals surface area contributed by atoms with E-state index in [1.807, 2.05) is 24.3 Å². The van der Waals surface area contributed by atoms with Crippen LogP contribution in [0.25, 0.3) is 10.8 Å². The lowest BCUT2D eigenvalue weighted by Gasteiger charge is -2.19. The van der Waals surface area contributed by atoms with Crippen LogP contribution in [0.1, 0.15) is 87.0 Å². The second-order valence-corrected chi connectivity index (χ2v) is 9.70. The van der Waals surface area contributed by atoms with Gasteiger partial charge in [-0.05, 0) is 59.5 Å². The molecule has 1 aromatic heterocycles. The summed E-state index contributed by atoms with van der Waals surface area (Å²) in [6, 6.07) is 16.1. The van der Waals surface area contributed by atoms with E-state index in [-0.39, 0.29) is 5.41 Å². The fraction of sp³-hybridized carbons (Fsp3) is 0.407. The largest absolute Gasteiger partial charge is 0.457 e. The summed E-state index contributed by atoms with van der Waals surface area (Å²) in [4.78, 5) is 16.6. The lowest BCUT2D eigenvalue weighted by Crippen LogP contribution is -2.15. The normalized spacial score (nSPS) is 15.6. The van der Waals surface area contributed by atoms with Gasteiger partial charge < -0.3 is 10.5 Å². The lowest BCUT2D eigenvalue weighted by molar-refractivity contribution is 0.0995. The van der Waals surface area contributed by atoms with Gasteiger partial charge in [-0.25, -0.2) is 4.98 Å². The lowest BCUT2D eigenvalue weighted by atomic mass is 9.87. The summed E-state index contributed by atoms with van der Waals surface area (Å²) >= 11 is 0. The van der Waals surface area contributed by atoms with Gasteiger partial charge in [0.25, 0.3) is 5.91 Å². The number of carbonyl (C=O) groups is 1. The highest BCUT2D eigenvalue weighted by molar-refractivity contribution is 5.96. The van der Waals surface area contributed by atoms with Gasteiger partial charge in [0, 0.05) is 11.3 Å². The molecule has 0 bridgehead atoms. The molecule has 0 spiro atoms. The first-order chi connectivity index (χ1) is 14.8. The molecule has 0 aliphatic heterocycles. The highest BCUT2D eigenvalue weighted by atomic mass is 16.5. The molecule has 1 fully saturated rings. The molecule has 31 heavy (non-hydrogen) atoms. The fourth-order valence-electron chi connectivity index (χ4n) is 4.47. The minimum atomic E-state index is -0.476. The van der Waals surface area contributed by atoms with Crippen LogP contribution < -0.4 is 10.5 Å². The smallest absolute Gasteiger partial charge is 0.267 e. The summed E-state index contributed by atoms with van der Waals surface area (Å²) in [7, 11) is 0. The molecule has 0 atom stereocenters. The average Bonchev–Trinajstić information content (AvgIpc) is 3.02. The summed E-state index contributed by atoms with van der Waals surface area (Å²) < 4.78 is 6.18. The van der Waals surface area contributed by atoms with E-state index in [1.54, 1.807) is 6.07 Å². The summed E-state index contributed by atoms with van der Waals surface area (Å²) in [6.07, 6.45) is 7.13. The third-order valence-electron chi connectivity index (χ3n) is 6.28. The summed E-state index contributed by atoms with van der Waals surface area (Å²) in [5, 5.41) is 2.04. The van der Waals surface area contributed by atoms with Crippen LogP contribution in [0.3, 0.4) is 0 Å². The van der Waals surface area contributed by atoms with Gasteiger partial charge in [-0.15, -0.1) is 0 Å². The number of primary amides is 1. The van der Waals surface area contributed by atoms with Gasteiger partial charge >= 0.3 is 0 Å². The van der Waals surface area contributed by atoms with Gasteiger partial charge in [0.05, 0.1) is 5.69 Å². The molecule has 4 rings (SSSR count). The number of aromatic nitrogens is 1. The van der Waals surface area contributed by atoms with Crippen LogP contribution in [0, 0.1) is 0 Å². The number of hydrogen-bond acceptors (Lipinski definition) is 3. The zero-order valence-corrected chi connectivity index (χ0v) is 18.8. The molecule has 1 aliphatic rings. The van der Waals surface area contributed by atoms with Crippen molar-refractivity contribution >= 4 is 16.7 Å². The molecule has 2 N–H and O–H groups in total. The van der Waals surface area contributed by atoms with Crippen molar-refractivity contribution in [1.29, 1.82) is 0 Å². The van der Waals surface area contributed by atoms with Crippen LogP contribution in [0.5, 0.6) is 11.5 Å². The molecule has 1 heterocycles.